The molecule has 33 heavy (non-hydrogen) atoms. The summed E-state index contributed by atoms with van der Waals surface area (Å²) in [6.45, 7) is 0. The van der Waals surface area contributed by atoms with Crippen LogP contribution in [-0.4, -0.2) is 4.98 Å². The van der Waals surface area contributed by atoms with Crippen molar-refractivity contribution in [2.24, 2.45) is 0 Å². The van der Waals surface area contributed by atoms with Crippen LogP contribution in [0.4, 0.5) is 0 Å². The number of benzene rings is 4. The minimum absolute atomic E-state index is 0. The Morgan fingerprint density at radius 3 is 1.58 bits per heavy atom. The minimum atomic E-state index is -0.877. The van der Waals surface area contributed by atoms with Gasteiger partial charge in [-0.1, -0.05) is 78.3 Å². The molecule has 1 nitrogen and oxygen atoms in total. The molecular formula is C29H21AuClNP+. The molecule has 5 rings (SSSR count). The summed E-state index contributed by atoms with van der Waals surface area (Å²) in [5, 5.41) is 5.82. The molecule has 0 unspecified atom stereocenters. The van der Waals surface area contributed by atoms with Crippen LogP contribution in [-0.2, 0) is 22.4 Å². The van der Waals surface area contributed by atoms with Crippen molar-refractivity contribution in [3.63, 3.8) is 0 Å². The predicted molar refractivity (Wildman–Crippen MR) is 140 cm³/mol. The number of hydrogen-bond acceptors (Lipinski definition) is 1. The van der Waals surface area contributed by atoms with Gasteiger partial charge in [0.2, 0.25) is 0 Å². The molecule has 5 aromatic rings. The van der Waals surface area contributed by atoms with Crippen LogP contribution in [0.25, 0.3) is 10.9 Å². The standard InChI is InChI=1S/C18H15P.C11H5ClN.Au/c1-4-10-16(11-5-1)19(17-12-6-2-7-13-17)18-14-8-3-9-15-18;1-2-8-5-6-10(12)9-4-3-7-13-11(8)9;/h1-15H;3-7H;/q;-1;+1/p+1. The van der Waals surface area contributed by atoms with Crippen molar-refractivity contribution in [2.75, 3.05) is 0 Å². The Bertz CT molecular complexity index is 1240. The van der Waals surface area contributed by atoms with E-state index in [1.165, 1.54) is 15.9 Å². The number of halogens is 1. The molecule has 0 amide bonds. The number of rotatable bonds is 3. The van der Waals surface area contributed by atoms with E-state index in [4.69, 9.17) is 18.0 Å². The van der Waals surface area contributed by atoms with Crippen LogP contribution in [0.5, 0.6) is 0 Å². The van der Waals surface area contributed by atoms with Crippen molar-refractivity contribution in [1.29, 1.82) is 0 Å². The molecule has 0 aliphatic rings. The maximum absolute atomic E-state index is 7.06. The average Bonchev–Trinajstić information content (AvgIpc) is 2.87. The van der Waals surface area contributed by atoms with Gasteiger partial charge in [0.15, 0.2) is 0 Å². The van der Waals surface area contributed by atoms with Crippen molar-refractivity contribution in [1.82, 2.24) is 4.98 Å². The second-order valence-electron chi connectivity index (χ2n) is 7.09. The Morgan fingerprint density at radius 2 is 1.12 bits per heavy atom. The van der Waals surface area contributed by atoms with Gasteiger partial charge >= 0.3 is 22.4 Å². The molecule has 0 spiro atoms. The average molecular weight is 647 g/mol. The third-order valence-electron chi connectivity index (χ3n) is 5.04. The maximum Gasteiger partial charge on any atom is 1.00 e. The number of nitrogens with zero attached hydrogens (tertiary/aromatic N) is 1. The zero-order valence-electron chi connectivity index (χ0n) is 17.7. The van der Waals surface area contributed by atoms with Crippen LogP contribution in [0.2, 0.25) is 5.02 Å². The first-order chi connectivity index (χ1) is 15.8. The maximum atomic E-state index is 7.06. The third-order valence-corrected chi connectivity index (χ3v) is 8.10. The molecule has 0 saturated heterocycles. The van der Waals surface area contributed by atoms with E-state index in [9.17, 15) is 0 Å². The molecule has 0 saturated carbocycles. The fraction of sp³-hybridized carbons (Fsp3) is 0. The van der Waals surface area contributed by atoms with Gasteiger partial charge in [0.05, 0.1) is 7.92 Å². The van der Waals surface area contributed by atoms with Crippen LogP contribution in [0.3, 0.4) is 0 Å². The van der Waals surface area contributed by atoms with Crippen LogP contribution >= 0.6 is 19.5 Å². The summed E-state index contributed by atoms with van der Waals surface area (Å²) < 4.78 is 0. The SMILES string of the molecule is [Au+].[C-]#Cc1ccc(Cl)c2cccnc12.c1ccc([PH+](c2ccccc2)c2ccccc2)cc1. The molecule has 0 bridgehead atoms. The Balaban J connectivity index is 0.000000192. The summed E-state index contributed by atoms with van der Waals surface area (Å²) in [5.74, 6) is 2.33. The number of hydrogen-bond donors (Lipinski definition) is 0. The van der Waals surface area contributed by atoms with E-state index < -0.39 is 7.92 Å². The van der Waals surface area contributed by atoms with E-state index >= 15 is 0 Å². The normalized spacial score (nSPS) is 9.97. The Hall–Kier alpha value is -2.69. The molecule has 0 aliphatic heterocycles. The van der Waals surface area contributed by atoms with Gasteiger partial charge in [-0.2, -0.15) is 0 Å². The fourth-order valence-corrected chi connectivity index (χ4v) is 6.35. The van der Waals surface area contributed by atoms with Gasteiger partial charge in [0.1, 0.15) is 15.9 Å². The molecule has 4 heteroatoms. The first-order valence-corrected chi connectivity index (χ1v) is 12.1. The summed E-state index contributed by atoms with van der Waals surface area (Å²) >= 11 is 5.96. The van der Waals surface area contributed by atoms with E-state index in [0.29, 0.717) is 10.6 Å². The molecule has 1 heterocycles. The van der Waals surface area contributed by atoms with Gasteiger partial charge in [0.25, 0.3) is 0 Å². The summed E-state index contributed by atoms with van der Waals surface area (Å²) in [6.07, 6.45) is 8.74. The predicted octanol–water partition coefficient (Wildman–Crippen LogP) is 6.00. The van der Waals surface area contributed by atoms with Crippen molar-refractivity contribution in [3.05, 3.63) is 138 Å². The Labute approximate surface area is 217 Å². The van der Waals surface area contributed by atoms with Crippen molar-refractivity contribution >= 4 is 46.3 Å². The number of pyridine rings is 1. The topological polar surface area (TPSA) is 12.9 Å². The molecule has 0 N–H and O–H groups in total. The molecule has 4 aromatic carbocycles. The molecule has 0 atom stereocenters. The monoisotopic (exact) mass is 646 g/mol. The fourth-order valence-electron chi connectivity index (χ4n) is 3.55. The Morgan fingerprint density at radius 1 is 0.636 bits per heavy atom. The minimum Gasteiger partial charge on any atom is -0.366 e. The summed E-state index contributed by atoms with van der Waals surface area (Å²) in [4.78, 5) is 4.15. The van der Waals surface area contributed by atoms with Gasteiger partial charge in [-0.3, -0.25) is 10.9 Å². The van der Waals surface area contributed by atoms with E-state index in [-0.39, 0.29) is 22.4 Å². The molecule has 1 aromatic heterocycles. The number of fused-ring (bicyclic) bond motifs is 1. The van der Waals surface area contributed by atoms with Gasteiger partial charge in [-0.05, 0) is 42.5 Å². The van der Waals surface area contributed by atoms with E-state index in [0.717, 1.165) is 10.9 Å². The van der Waals surface area contributed by atoms with E-state index in [1.807, 2.05) is 12.1 Å². The second-order valence-corrected chi connectivity index (χ2v) is 9.98. The van der Waals surface area contributed by atoms with Crippen LogP contribution in [0.1, 0.15) is 5.56 Å². The molecule has 0 aliphatic carbocycles. The molecule has 0 radical (unpaired) electrons. The smallest absolute Gasteiger partial charge is 0.366 e. The summed E-state index contributed by atoms with van der Waals surface area (Å²) in [7, 11) is -0.877. The largest absolute Gasteiger partial charge is 1.00 e. The van der Waals surface area contributed by atoms with Gasteiger partial charge in [-0.15, -0.1) is 11.6 Å². The number of aromatic nitrogens is 1. The van der Waals surface area contributed by atoms with Crippen LogP contribution in [0.15, 0.2) is 121 Å². The van der Waals surface area contributed by atoms with Gasteiger partial charge in [-0.25, -0.2) is 0 Å². The molecule has 164 valence electrons. The molecular weight excluding hydrogens is 626 g/mol. The van der Waals surface area contributed by atoms with E-state index in [1.54, 1.807) is 18.3 Å². The molecule has 0 fully saturated rings. The second kappa shape index (κ2) is 12.5. The quantitative estimate of drug-likeness (QED) is 0.102. The van der Waals surface area contributed by atoms with Crippen LogP contribution < -0.4 is 15.9 Å². The van der Waals surface area contributed by atoms with E-state index in [2.05, 4.69) is 102 Å². The zero-order valence-corrected chi connectivity index (χ0v) is 21.6. The third kappa shape index (κ3) is 6.21. The van der Waals surface area contributed by atoms with Crippen molar-refractivity contribution < 1.29 is 22.4 Å². The summed E-state index contributed by atoms with van der Waals surface area (Å²) in [6, 6.07) is 39.7. The first-order valence-electron chi connectivity index (χ1n) is 10.3. The van der Waals surface area contributed by atoms with Crippen molar-refractivity contribution in [2.45, 2.75) is 0 Å². The van der Waals surface area contributed by atoms with Gasteiger partial charge in [0, 0.05) is 22.1 Å². The Kier molecular flexibility index (Phi) is 9.47. The zero-order chi connectivity index (χ0) is 22.2. The van der Waals surface area contributed by atoms with Crippen LogP contribution in [0, 0.1) is 12.3 Å². The summed E-state index contributed by atoms with van der Waals surface area (Å²) in [5.41, 5.74) is 1.39. The van der Waals surface area contributed by atoms with Crippen molar-refractivity contribution in [3.8, 4) is 5.92 Å². The first kappa shape index (κ1) is 24.9. The van der Waals surface area contributed by atoms with Gasteiger partial charge < -0.3 is 6.42 Å².